The highest BCUT2D eigenvalue weighted by Crippen LogP contribution is 2.63. The van der Waals surface area contributed by atoms with Crippen molar-refractivity contribution in [1.29, 1.82) is 0 Å². The van der Waals surface area contributed by atoms with Gasteiger partial charge in [0.2, 0.25) is 6.79 Å². The lowest BCUT2D eigenvalue weighted by atomic mass is 9.70. The van der Waals surface area contributed by atoms with E-state index in [-0.39, 0.29) is 23.5 Å². The van der Waals surface area contributed by atoms with Gasteiger partial charge in [0.25, 0.3) is 5.91 Å². The summed E-state index contributed by atoms with van der Waals surface area (Å²) < 4.78 is 10.6. The Balaban J connectivity index is 1.52. The number of amides is 1. The summed E-state index contributed by atoms with van der Waals surface area (Å²) in [4.78, 5) is 12.4. The van der Waals surface area contributed by atoms with Crippen LogP contribution in [0.25, 0.3) is 0 Å². The first-order valence-corrected chi connectivity index (χ1v) is 8.19. The number of hydrogen-bond donors (Lipinski definition) is 1. The van der Waals surface area contributed by atoms with E-state index in [1.807, 2.05) is 0 Å². The predicted molar refractivity (Wildman–Crippen MR) is 86.7 cm³/mol. The Bertz CT molecular complexity index is 710. The lowest BCUT2D eigenvalue weighted by Crippen LogP contribution is -2.34. The molecule has 1 heterocycles. The second kappa shape index (κ2) is 4.73. The molecule has 0 saturated heterocycles. The largest absolute Gasteiger partial charge is 0.454 e. The second-order valence-corrected chi connectivity index (χ2v) is 7.56. The summed E-state index contributed by atoms with van der Waals surface area (Å²) in [5.41, 5.74) is 4.75. The van der Waals surface area contributed by atoms with Gasteiger partial charge in [0, 0.05) is 16.7 Å². The molecule has 2 atom stereocenters. The van der Waals surface area contributed by atoms with Crippen molar-refractivity contribution in [3.8, 4) is 11.5 Å². The average molecular weight is 314 g/mol. The summed E-state index contributed by atoms with van der Waals surface area (Å²) in [5, 5.41) is 4.49. The fourth-order valence-electron chi connectivity index (χ4n) is 4.32. The van der Waals surface area contributed by atoms with E-state index in [4.69, 9.17) is 9.47 Å². The maximum absolute atomic E-state index is 12.4. The highest BCUT2D eigenvalue weighted by atomic mass is 16.7. The number of benzene rings is 1. The summed E-state index contributed by atoms with van der Waals surface area (Å²) in [5.74, 6) is 1.75. The van der Waals surface area contributed by atoms with E-state index in [2.05, 4.69) is 31.3 Å². The molecule has 5 heteroatoms. The highest BCUT2D eigenvalue weighted by molar-refractivity contribution is 5.98. The van der Waals surface area contributed by atoms with Gasteiger partial charge in [-0.05, 0) is 48.8 Å². The first-order chi connectivity index (χ1) is 10.9. The standard InChI is InChI=1S/C18H22N2O3/c1-17(2)12-6-7-18(17,3)15(9-12)19-20-16(21)11-4-5-13-14(8-11)23-10-22-13/h4-5,8,12H,6-7,9-10H2,1-3H3,(H,20,21)/b19-15+/t12-,18+/m1/s1. The molecule has 2 aliphatic carbocycles. The summed E-state index contributed by atoms with van der Waals surface area (Å²) in [6.07, 6.45) is 3.41. The maximum Gasteiger partial charge on any atom is 0.271 e. The van der Waals surface area contributed by atoms with E-state index in [1.165, 1.54) is 6.42 Å². The minimum absolute atomic E-state index is 0.0971. The average Bonchev–Trinajstić information content (AvgIpc) is 3.13. The van der Waals surface area contributed by atoms with Crippen LogP contribution in [0, 0.1) is 16.7 Å². The molecule has 1 aromatic carbocycles. The summed E-state index contributed by atoms with van der Waals surface area (Å²) in [6.45, 7) is 7.14. The molecule has 3 aliphatic rings. The fraction of sp³-hybridized carbons (Fsp3) is 0.556. The Morgan fingerprint density at radius 3 is 2.74 bits per heavy atom. The van der Waals surface area contributed by atoms with Crippen molar-refractivity contribution >= 4 is 11.6 Å². The van der Waals surface area contributed by atoms with Crippen LogP contribution >= 0.6 is 0 Å². The van der Waals surface area contributed by atoms with E-state index >= 15 is 0 Å². The second-order valence-electron chi connectivity index (χ2n) is 7.56. The number of ether oxygens (including phenoxy) is 2. The maximum atomic E-state index is 12.4. The number of carbonyl (C=O) groups excluding carboxylic acids is 1. The quantitative estimate of drug-likeness (QED) is 0.852. The van der Waals surface area contributed by atoms with Crippen LogP contribution in [-0.4, -0.2) is 18.4 Å². The van der Waals surface area contributed by atoms with Crippen molar-refractivity contribution in [3.63, 3.8) is 0 Å². The zero-order valence-corrected chi connectivity index (χ0v) is 13.8. The molecule has 5 nitrogen and oxygen atoms in total. The SMILES string of the molecule is CC1(C)[C@@H]2CC[C@@]1(C)/C(=N/NC(=O)c1ccc3c(c1)OCO3)C2. The van der Waals surface area contributed by atoms with Crippen molar-refractivity contribution in [2.75, 3.05) is 6.79 Å². The third-order valence-electron chi connectivity index (χ3n) is 6.44. The third kappa shape index (κ3) is 1.98. The first kappa shape index (κ1) is 14.5. The number of rotatable bonds is 2. The van der Waals surface area contributed by atoms with Gasteiger partial charge in [-0.3, -0.25) is 4.79 Å². The molecule has 2 bridgehead atoms. The van der Waals surface area contributed by atoms with E-state index in [1.54, 1.807) is 18.2 Å². The molecule has 0 unspecified atom stereocenters. The topological polar surface area (TPSA) is 59.9 Å². The van der Waals surface area contributed by atoms with Gasteiger partial charge in [-0.15, -0.1) is 0 Å². The molecule has 1 aromatic rings. The van der Waals surface area contributed by atoms with Crippen LogP contribution in [0.5, 0.6) is 11.5 Å². The van der Waals surface area contributed by atoms with Gasteiger partial charge in [-0.2, -0.15) is 5.10 Å². The highest BCUT2D eigenvalue weighted by Gasteiger charge is 2.60. The van der Waals surface area contributed by atoms with Crippen LogP contribution in [0.2, 0.25) is 0 Å². The smallest absolute Gasteiger partial charge is 0.271 e. The van der Waals surface area contributed by atoms with Gasteiger partial charge in [0.1, 0.15) is 0 Å². The number of carbonyl (C=O) groups is 1. The Hall–Kier alpha value is -2.04. The Labute approximate surface area is 136 Å². The summed E-state index contributed by atoms with van der Waals surface area (Å²) in [7, 11) is 0. The van der Waals surface area contributed by atoms with Crippen LogP contribution in [-0.2, 0) is 0 Å². The summed E-state index contributed by atoms with van der Waals surface area (Å²) in [6, 6.07) is 5.19. The minimum Gasteiger partial charge on any atom is -0.454 e. The van der Waals surface area contributed by atoms with Gasteiger partial charge < -0.3 is 9.47 Å². The Morgan fingerprint density at radius 1 is 1.26 bits per heavy atom. The van der Waals surface area contributed by atoms with Crippen molar-refractivity contribution < 1.29 is 14.3 Å². The molecule has 0 spiro atoms. The number of fused-ring (bicyclic) bond motifs is 3. The van der Waals surface area contributed by atoms with Gasteiger partial charge in [-0.1, -0.05) is 20.8 Å². The molecular formula is C18H22N2O3. The minimum atomic E-state index is -0.208. The molecule has 23 heavy (non-hydrogen) atoms. The monoisotopic (exact) mass is 314 g/mol. The van der Waals surface area contributed by atoms with Crippen molar-refractivity contribution in [2.24, 2.45) is 21.8 Å². The molecule has 2 fully saturated rings. The molecule has 1 amide bonds. The predicted octanol–water partition coefficient (Wildman–Crippen LogP) is 3.35. The molecule has 1 N–H and O–H groups in total. The van der Waals surface area contributed by atoms with Gasteiger partial charge >= 0.3 is 0 Å². The van der Waals surface area contributed by atoms with Crippen LogP contribution in [0.1, 0.15) is 50.4 Å². The van der Waals surface area contributed by atoms with E-state index in [0.717, 1.165) is 18.6 Å². The van der Waals surface area contributed by atoms with Gasteiger partial charge in [0.05, 0.1) is 0 Å². The summed E-state index contributed by atoms with van der Waals surface area (Å²) >= 11 is 0. The lowest BCUT2D eigenvalue weighted by molar-refractivity contribution is 0.0953. The van der Waals surface area contributed by atoms with Gasteiger partial charge in [-0.25, -0.2) is 5.43 Å². The molecule has 2 saturated carbocycles. The number of hydrogen-bond acceptors (Lipinski definition) is 4. The lowest BCUT2D eigenvalue weighted by Gasteiger charge is -2.34. The Morgan fingerprint density at radius 2 is 2.04 bits per heavy atom. The van der Waals surface area contributed by atoms with Crippen LogP contribution in [0.4, 0.5) is 0 Å². The van der Waals surface area contributed by atoms with Crippen molar-refractivity contribution in [3.05, 3.63) is 23.8 Å². The zero-order valence-electron chi connectivity index (χ0n) is 13.8. The molecular weight excluding hydrogens is 292 g/mol. The van der Waals surface area contributed by atoms with E-state index in [0.29, 0.717) is 23.0 Å². The Kier molecular flexibility index (Phi) is 2.99. The van der Waals surface area contributed by atoms with E-state index < -0.39 is 0 Å². The first-order valence-electron chi connectivity index (χ1n) is 8.19. The fourth-order valence-corrected chi connectivity index (χ4v) is 4.32. The van der Waals surface area contributed by atoms with Crippen LogP contribution < -0.4 is 14.9 Å². The van der Waals surface area contributed by atoms with Crippen LogP contribution in [0.3, 0.4) is 0 Å². The number of nitrogens with one attached hydrogen (secondary N) is 1. The molecule has 122 valence electrons. The molecule has 0 aromatic heterocycles. The molecule has 1 aliphatic heterocycles. The van der Waals surface area contributed by atoms with E-state index in [9.17, 15) is 4.79 Å². The molecule has 0 radical (unpaired) electrons. The van der Waals surface area contributed by atoms with Crippen molar-refractivity contribution in [2.45, 2.75) is 40.0 Å². The zero-order chi connectivity index (χ0) is 16.2. The van der Waals surface area contributed by atoms with Gasteiger partial charge in [0.15, 0.2) is 11.5 Å². The van der Waals surface area contributed by atoms with Crippen molar-refractivity contribution in [1.82, 2.24) is 5.43 Å². The molecule has 4 rings (SSSR count). The third-order valence-corrected chi connectivity index (χ3v) is 6.44. The normalized spacial score (nSPS) is 31.6. The number of nitrogens with zero attached hydrogens (tertiary/aromatic N) is 1. The van der Waals surface area contributed by atoms with Crippen LogP contribution in [0.15, 0.2) is 23.3 Å². The number of hydrazone groups is 1.